The highest BCUT2D eigenvalue weighted by atomic mass is 16.5. The maximum absolute atomic E-state index is 13.3. The zero-order valence-electron chi connectivity index (χ0n) is 18.8. The van der Waals surface area contributed by atoms with Gasteiger partial charge in [-0.2, -0.15) is 0 Å². The second-order valence-corrected chi connectivity index (χ2v) is 10.9. The highest BCUT2D eigenvalue weighted by molar-refractivity contribution is 5.85. The third-order valence-electron chi connectivity index (χ3n) is 9.53. The Morgan fingerprint density at radius 3 is 2.28 bits per heavy atom. The van der Waals surface area contributed by atoms with Gasteiger partial charge < -0.3 is 9.64 Å². The molecule has 7 unspecified atom stereocenters. The molecule has 29 heavy (non-hydrogen) atoms. The highest BCUT2D eigenvalue weighted by Crippen LogP contribution is 2.68. The summed E-state index contributed by atoms with van der Waals surface area (Å²) in [5, 5.41) is 0. The summed E-state index contributed by atoms with van der Waals surface area (Å²) in [6, 6.07) is 0.0622. The summed E-state index contributed by atoms with van der Waals surface area (Å²) in [6.07, 6.45) is 7.83. The molecule has 0 aromatic heterocycles. The summed E-state index contributed by atoms with van der Waals surface area (Å²) in [6.45, 7) is 10.2. The average Bonchev–Trinajstić information content (AvgIpc) is 2.98. The number of rotatable bonds is 2. The Morgan fingerprint density at radius 1 is 0.931 bits per heavy atom. The molecular formula is C24H37NO4. The first-order valence-corrected chi connectivity index (χ1v) is 11.5. The molecule has 0 radical (unpaired) electrons. The fraction of sp³-hybridized carbons (Fsp3) is 0.875. The second-order valence-electron chi connectivity index (χ2n) is 10.9. The van der Waals surface area contributed by atoms with Crippen molar-refractivity contribution in [1.29, 1.82) is 0 Å². The van der Waals surface area contributed by atoms with Crippen LogP contribution < -0.4 is 0 Å². The van der Waals surface area contributed by atoms with Gasteiger partial charge in [-0.3, -0.25) is 14.4 Å². The number of esters is 1. The molecule has 7 atom stereocenters. The van der Waals surface area contributed by atoms with Crippen molar-refractivity contribution in [3.63, 3.8) is 0 Å². The lowest BCUT2D eigenvalue weighted by atomic mass is 9.43. The van der Waals surface area contributed by atoms with Gasteiger partial charge in [0.05, 0.1) is 0 Å². The van der Waals surface area contributed by atoms with Crippen molar-refractivity contribution in [2.75, 3.05) is 6.54 Å². The summed E-state index contributed by atoms with van der Waals surface area (Å²) in [4.78, 5) is 40.3. The van der Waals surface area contributed by atoms with Crippen LogP contribution in [0.2, 0.25) is 0 Å². The molecule has 0 spiro atoms. The average molecular weight is 404 g/mol. The maximum Gasteiger partial charge on any atom is 0.302 e. The Hall–Kier alpha value is -1.39. The number of nitrogens with zero attached hydrogens (tertiary/aromatic N) is 1. The first-order valence-electron chi connectivity index (χ1n) is 11.5. The second kappa shape index (κ2) is 6.81. The van der Waals surface area contributed by atoms with Crippen molar-refractivity contribution < 1.29 is 19.1 Å². The normalized spacial score (nSPS) is 46.3. The van der Waals surface area contributed by atoms with Gasteiger partial charge in [0.25, 0.3) is 0 Å². The van der Waals surface area contributed by atoms with Crippen LogP contribution in [-0.2, 0) is 19.1 Å². The third kappa shape index (κ3) is 2.75. The molecule has 1 aliphatic heterocycles. The van der Waals surface area contributed by atoms with E-state index in [4.69, 9.17) is 4.74 Å². The van der Waals surface area contributed by atoms with Crippen LogP contribution in [0.1, 0.15) is 86.0 Å². The Kier molecular flexibility index (Phi) is 4.90. The minimum atomic E-state index is -0.409. The summed E-state index contributed by atoms with van der Waals surface area (Å²) in [5.74, 6) is 0.496. The third-order valence-corrected chi connectivity index (χ3v) is 9.53. The van der Waals surface area contributed by atoms with Crippen molar-refractivity contribution in [2.24, 2.45) is 28.1 Å². The van der Waals surface area contributed by atoms with Crippen LogP contribution in [0.5, 0.6) is 0 Å². The molecule has 3 aliphatic carbocycles. The largest absolute Gasteiger partial charge is 0.462 e. The highest BCUT2D eigenvalue weighted by Gasteiger charge is 2.70. The number of ketones is 1. The van der Waals surface area contributed by atoms with Gasteiger partial charge in [0.1, 0.15) is 11.9 Å². The molecule has 4 aliphatic rings. The van der Waals surface area contributed by atoms with Gasteiger partial charge in [-0.25, -0.2) is 0 Å². The first kappa shape index (κ1) is 20.9. The number of amides is 1. The molecule has 5 heteroatoms. The topological polar surface area (TPSA) is 63.7 Å². The van der Waals surface area contributed by atoms with Gasteiger partial charge in [0.15, 0.2) is 0 Å². The van der Waals surface area contributed by atoms with Gasteiger partial charge in [-0.1, -0.05) is 33.1 Å². The van der Waals surface area contributed by atoms with Crippen LogP contribution in [0, 0.1) is 28.1 Å². The molecule has 1 heterocycles. The van der Waals surface area contributed by atoms with E-state index in [0.29, 0.717) is 13.0 Å². The Labute approximate surface area is 174 Å². The van der Waals surface area contributed by atoms with E-state index < -0.39 is 5.41 Å². The van der Waals surface area contributed by atoms with Crippen LogP contribution in [0.15, 0.2) is 0 Å². The fourth-order valence-corrected chi connectivity index (χ4v) is 8.53. The summed E-state index contributed by atoms with van der Waals surface area (Å²) in [5.41, 5.74) is -0.711. The van der Waals surface area contributed by atoms with E-state index in [2.05, 4.69) is 18.7 Å². The van der Waals surface area contributed by atoms with E-state index in [9.17, 15) is 14.4 Å². The Bertz CT molecular complexity index is 734. The number of carbonyl (C=O) groups is 3. The van der Waals surface area contributed by atoms with Gasteiger partial charge in [-0.15, -0.1) is 0 Å². The summed E-state index contributed by atoms with van der Waals surface area (Å²) >= 11 is 0. The molecule has 1 saturated heterocycles. The molecular weight excluding hydrogens is 366 g/mol. The Morgan fingerprint density at radius 2 is 1.66 bits per heavy atom. The molecule has 4 rings (SSSR count). The van der Waals surface area contributed by atoms with Crippen molar-refractivity contribution in [1.82, 2.24) is 4.90 Å². The van der Waals surface area contributed by atoms with Crippen molar-refractivity contribution in [2.45, 2.75) is 98.1 Å². The van der Waals surface area contributed by atoms with Gasteiger partial charge in [0, 0.05) is 37.8 Å². The van der Waals surface area contributed by atoms with Gasteiger partial charge in [-0.05, 0) is 55.8 Å². The zero-order chi connectivity index (χ0) is 21.2. The lowest BCUT2D eigenvalue weighted by Gasteiger charge is -2.67. The molecule has 0 bridgehead atoms. The number of piperidine rings is 1. The van der Waals surface area contributed by atoms with Crippen LogP contribution in [0.4, 0.5) is 0 Å². The van der Waals surface area contributed by atoms with E-state index in [0.717, 1.165) is 44.9 Å². The van der Waals surface area contributed by atoms with E-state index in [-0.39, 0.29) is 52.5 Å². The molecule has 5 nitrogen and oxygen atoms in total. The summed E-state index contributed by atoms with van der Waals surface area (Å²) in [7, 11) is 0. The quantitative estimate of drug-likeness (QED) is 0.650. The van der Waals surface area contributed by atoms with Crippen LogP contribution in [0.3, 0.4) is 0 Å². The number of fused-ring (bicyclic) bond motifs is 5. The fourth-order valence-electron chi connectivity index (χ4n) is 8.53. The summed E-state index contributed by atoms with van der Waals surface area (Å²) < 4.78 is 5.92. The zero-order valence-corrected chi connectivity index (χ0v) is 18.8. The van der Waals surface area contributed by atoms with E-state index in [1.165, 1.54) is 6.92 Å². The smallest absolute Gasteiger partial charge is 0.302 e. The molecule has 3 saturated carbocycles. The van der Waals surface area contributed by atoms with Crippen LogP contribution >= 0.6 is 0 Å². The van der Waals surface area contributed by atoms with Crippen molar-refractivity contribution in [3.05, 3.63) is 0 Å². The van der Waals surface area contributed by atoms with Crippen LogP contribution in [0.25, 0.3) is 0 Å². The number of ether oxygens (including phenoxy) is 1. The first-order chi connectivity index (χ1) is 13.6. The number of carbonyl (C=O) groups excluding carboxylic acids is 3. The molecule has 0 N–H and O–H groups in total. The van der Waals surface area contributed by atoms with E-state index in [1.807, 2.05) is 0 Å². The lowest BCUT2D eigenvalue weighted by Crippen LogP contribution is -2.73. The van der Waals surface area contributed by atoms with E-state index >= 15 is 0 Å². The minimum Gasteiger partial charge on any atom is -0.462 e. The van der Waals surface area contributed by atoms with Gasteiger partial charge >= 0.3 is 5.97 Å². The number of Topliss-reactive ketones (excluding diaryl/α,β-unsaturated/α-hetero) is 1. The van der Waals surface area contributed by atoms with Crippen molar-refractivity contribution >= 4 is 17.7 Å². The van der Waals surface area contributed by atoms with Crippen molar-refractivity contribution in [3.8, 4) is 0 Å². The maximum atomic E-state index is 13.3. The molecule has 162 valence electrons. The predicted molar refractivity (Wildman–Crippen MR) is 110 cm³/mol. The number of hydrogen-bond acceptors (Lipinski definition) is 4. The SMILES string of the molecule is CC(=O)OC1CC2C(N(C(C)=O)CC3(C)CCCC23C(C)=O)C2(C)CCCCC12. The molecule has 1 amide bonds. The number of hydrogen-bond donors (Lipinski definition) is 0. The van der Waals surface area contributed by atoms with Crippen LogP contribution in [-0.4, -0.2) is 41.3 Å². The Balaban J connectivity index is 1.89. The standard InChI is InChI=1S/C24H37NO4/c1-15(26)24-12-8-10-22(24,4)14-25(16(2)27)21-19(24)13-20(29-17(3)28)18-9-6-7-11-23(18,21)5/h18-21H,6-14H2,1-5H3. The monoisotopic (exact) mass is 403 g/mol. The minimum absolute atomic E-state index is 0.0622. The molecule has 0 aromatic carbocycles. The lowest BCUT2D eigenvalue weighted by molar-refractivity contribution is -0.216. The van der Waals surface area contributed by atoms with E-state index in [1.54, 1.807) is 13.8 Å². The predicted octanol–water partition coefficient (Wildman–Crippen LogP) is 4.13. The molecule has 4 fully saturated rings. The molecule has 0 aromatic rings. The van der Waals surface area contributed by atoms with Gasteiger partial charge in [0.2, 0.25) is 5.91 Å². The number of likely N-dealkylation sites (tertiary alicyclic amines) is 1.